The normalized spacial score (nSPS) is 10.7. The van der Waals surface area contributed by atoms with E-state index in [1.165, 1.54) is 7.11 Å². The molecule has 0 fully saturated rings. The third-order valence-corrected chi connectivity index (χ3v) is 3.08. The van der Waals surface area contributed by atoms with Gasteiger partial charge < -0.3 is 14.2 Å². The summed E-state index contributed by atoms with van der Waals surface area (Å²) in [6.45, 7) is 3.41. The zero-order valence-electron chi connectivity index (χ0n) is 14.6. The molecule has 2 aromatic rings. The summed E-state index contributed by atoms with van der Waals surface area (Å²) in [5.41, 5.74) is 4.67. The molecule has 132 valence electrons. The number of carbonyl (C=O) groups excluding carboxylic acids is 1. The quantitative estimate of drug-likeness (QED) is 0.452. The second kappa shape index (κ2) is 9.32. The second-order valence-corrected chi connectivity index (χ2v) is 5.47. The van der Waals surface area contributed by atoms with Gasteiger partial charge in [0.25, 0.3) is 0 Å². The van der Waals surface area contributed by atoms with Crippen molar-refractivity contribution < 1.29 is 19.0 Å². The summed E-state index contributed by atoms with van der Waals surface area (Å²) >= 11 is 0. The third-order valence-electron chi connectivity index (χ3n) is 3.08. The van der Waals surface area contributed by atoms with E-state index in [1.807, 2.05) is 36.4 Å². The number of nitrogens with one attached hydrogen (secondary N) is 1. The molecule has 1 N–H and O–H groups in total. The molecule has 0 bridgehead atoms. The number of hydrazone groups is 1. The molecule has 6 nitrogen and oxygen atoms in total. The summed E-state index contributed by atoms with van der Waals surface area (Å²) < 4.78 is 15.8. The predicted molar refractivity (Wildman–Crippen MR) is 97.4 cm³/mol. The van der Waals surface area contributed by atoms with E-state index in [2.05, 4.69) is 10.5 Å². The summed E-state index contributed by atoms with van der Waals surface area (Å²) in [5.74, 6) is 0.562. The van der Waals surface area contributed by atoms with E-state index in [1.54, 1.807) is 32.2 Å². The Labute approximate surface area is 147 Å². The van der Waals surface area contributed by atoms with Crippen molar-refractivity contribution in [3.05, 3.63) is 54.1 Å². The van der Waals surface area contributed by atoms with Crippen LogP contribution in [-0.2, 0) is 9.53 Å². The Hall–Kier alpha value is -3.02. The van der Waals surface area contributed by atoms with E-state index in [0.717, 1.165) is 11.3 Å². The molecule has 0 saturated heterocycles. The van der Waals surface area contributed by atoms with Crippen LogP contribution in [0.25, 0.3) is 0 Å². The first-order valence-corrected chi connectivity index (χ1v) is 7.93. The lowest BCUT2D eigenvalue weighted by atomic mass is 10.2. The zero-order valence-corrected chi connectivity index (χ0v) is 14.6. The molecular weight excluding hydrogens is 320 g/mol. The van der Waals surface area contributed by atoms with Gasteiger partial charge in [0.05, 0.1) is 25.1 Å². The zero-order chi connectivity index (χ0) is 18.1. The maximum Gasteiger partial charge on any atom is 0.344 e. The topological polar surface area (TPSA) is 69.1 Å². The van der Waals surface area contributed by atoms with E-state index < -0.39 is 5.97 Å². The van der Waals surface area contributed by atoms with Gasteiger partial charge in [0.15, 0.2) is 18.1 Å². The van der Waals surface area contributed by atoms with Gasteiger partial charge in [-0.15, -0.1) is 0 Å². The molecule has 0 aliphatic carbocycles. The molecule has 25 heavy (non-hydrogen) atoms. The second-order valence-electron chi connectivity index (χ2n) is 5.47. The highest BCUT2D eigenvalue weighted by Gasteiger charge is 2.10. The van der Waals surface area contributed by atoms with Crippen molar-refractivity contribution in [2.24, 2.45) is 5.10 Å². The summed E-state index contributed by atoms with van der Waals surface area (Å²) in [4.78, 5) is 11.6. The van der Waals surface area contributed by atoms with Gasteiger partial charge in [0.2, 0.25) is 0 Å². The van der Waals surface area contributed by atoms with Crippen molar-refractivity contribution in [3.8, 4) is 11.5 Å². The standard InChI is InChI=1S/C19H22N2O4/c1-14(2)25-19(22)13-24-17-10-9-15(11-18(17)23-3)12-20-21-16-7-5-4-6-8-16/h4-12,14,21H,13H2,1-3H3/b20-12+. The molecule has 0 aromatic heterocycles. The van der Waals surface area contributed by atoms with Crippen molar-refractivity contribution >= 4 is 17.9 Å². The number of carbonyl (C=O) groups is 1. The molecule has 0 unspecified atom stereocenters. The van der Waals surface area contributed by atoms with Gasteiger partial charge >= 0.3 is 5.97 Å². The number of para-hydroxylation sites is 1. The van der Waals surface area contributed by atoms with E-state index >= 15 is 0 Å². The van der Waals surface area contributed by atoms with Gasteiger partial charge in [0, 0.05) is 0 Å². The Bertz CT molecular complexity index is 715. The summed E-state index contributed by atoms with van der Waals surface area (Å²) in [5, 5.41) is 4.18. The molecular formula is C19H22N2O4. The summed E-state index contributed by atoms with van der Waals surface area (Å²) in [6, 6.07) is 15.0. The van der Waals surface area contributed by atoms with Gasteiger partial charge in [-0.2, -0.15) is 5.10 Å². The van der Waals surface area contributed by atoms with Crippen molar-refractivity contribution in [2.45, 2.75) is 20.0 Å². The number of ether oxygens (including phenoxy) is 3. The fraction of sp³-hybridized carbons (Fsp3) is 0.263. The van der Waals surface area contributed by atoms with Crippen LogP contribution in [0.1, 0.15) is 19.4 Å². The molecule has 0 aliphatic rings. The van der Waals surface area contributed by atoms with Gasteiger partial charge in [-0.25, -0.2) is 4.79 Å². The van der Waals surface area contributed by atoms with Crippen molar-refractivity contribution in [1.29, 1.82) is 0 Å². The molecule has 0 aliphatic heterocycles. The van der Waals surface area contributed by atoms with Gasteiger partial charge in [-0.1, -0.05) is 18.2 Å². The number of rotatable bonds is 8. The van der Waals surface area contributed by atoms with Crippen molar-refractivity contribution in [1.82, 2.24) is 0 Å². The minimum Gasteiger partial charge on any atom is -0.493 e. The first kappa shape index (κ1) is 18.3. The highest BCUT2D eigenvalue weighted by Crippen LogP contribution is 2.27. The lowest BCUT2D eigenvalue weighted by Crippen LogP contribution is -2.18. The number of hydrogen-bond donors (Lipinski definition) is 1. The lowest BCUT2D eigenvalue weighted by Gasteiger charge is -2.12. The van der Waals surface area contributed by atoms with E-state index in [-0.39, 0.29) is 12.7 Å². The number of esters is 1. The fourth-order valence-corrected chi connectivity index (χ4v) is 2.01. The van der Waals surface area contributed by atoms with Gasteiger partial charge in [0.1, 0.15) is 0 Å². The average Bonchev–Trinajstić information content (AvgIpc) is 2.60. The molecule has 2 rings (SSSR count). The molecule has 0 heterocycles. The fourth-order valence-electron chi connectivity index (χ4n) is 2.01. The maximum absolute atomic E-state index is 11.6. The largest absolute Gasteiger partial charge is 0.493 e. The minimum atomic E-state index is -0.422. The van der Waals surface area contributed by atoms with Crippen LogP contribution in [0.4, 0.5) is 5.69 Å². The Morgan fingerprint density at radius 1 is 1.16 bits per heavy atom. The van der Waals surface area contributed by atoms with Gasteiger partial charge in [-0.3, -0.25) is 5.43 Å². The van der Waals surface area contributed by atoms with Crippen LogP contribution in [-0.4, -0.2) is 32.0 Å². The first-order chi connectivity index (χ1) is 12.1. The molecule has 0 atom stereocenters. The first-order valence-electron chi connectivity index (χ1n) is 7.93. The molecule has 0 amide bonds. The Kier molecular flexibility index (Phi) is 6.83. The van der Waals surface area contributed by atoms with E-state index in [9.17, 15) is 4.79 Å². The lowest BCUT2D eigenvalue weighted by molar-refractivity contribution is -0.149. The molecule has 0 radical (unpaired) electrons. The van der Waals surface area contributed by atoms with E-state index in [0.29, 0.717) is 11.5 Å². The number of anilines is 1. The number of benzene rings is 2. The monoisotopic (exact) mass is 342 g/mol. The average molecular weight is 342 g/mol. The minimum absolute atomic E-state index is 0.169. The van der Waals surface area contributed by atoms with Crippen molar-refractivity contribution in [2.75, 3.05) is 19.1 Å². The van der Waals surface area contributed by atoms with Crippen LogP contribution in [0.5, 0.6) is 11.5 Å². The Balaban J connectivity index is 1.97. The van der Waals surface area contributed by atoms with Crippen molar-refractivity contribution in [3.63, 3.8) is 0 Å². The van der Waals surface area contributed by atoms with Crippen LogP contribution in [0.15, 0.2) is 53.6 Å². The Morgan fingerprint density at radius 2 is 1.92 bits per heavy atom. The number of methoxy groups -OCH3 is 1. The third kappa shape index (κ3) is 6.18. The molecule has 0 spiro atoms. The SMILES string of the molecule is COc1cc(/C=N/Nc2ccccc2)ccc1OCC(=O)OC(C)C. The van der Waals surface area contributed by atoms with Crippen LogP contribution in [0, 0.1) is 0 Å². The van der Waals surface area contributed by atoms with Crippen LogP contribution in [0.3, 0.4) is 0 Å². The predicted octanol–water partition coefficient (Wildman–Crippen LogP) is 3.47. The molecule has 0 saturated carbocycles. The number of nitrogens with zero attached hydrogens (tertiary/aromatic N) is 1. The molecule has 2 aromatic carbocycles. The highest BCUT2D eigenvalue weighted by molar-refractivity contribution is 5.81. The number of hydrogen-bond acceptors (Lipinski definition) is 6. The highest BCUT2D eigenvalue weighted by atomic mass is 16.6. The smallest absolute Gasteiger partial charge is 0.344 e. The van der Waals surface area contributed by atoms with Crippen LogP contribution < -0.4 is 14.9 Å². The van der Waals surface area contributed by atoms with Crippen LogP contribution >= 0.6 is 0 Å². The summed E-state index contributed by atoms with van der Waals surface area (Å²) in [7, 11) is 1.54. The Morgan fingerprint density at radius 3 is 2.60 bits per heavy atom. The summed E-state index contributed by atoms with van der Waals surface area (Å²) in [6.07, 6.45) is 1.50. The van der Waals surface area contributed by atoms with E-state index in [4.69, 9.17) is 14.2 Å². The van der Waals surface area contributed by atoms with Crippen LogP contribution in [0.2, 0.25) is 0 Å². The van der Waals surface area contributed by atoms with Gasteiger partial charge in [-0.05, 0) is 49.7 Å². The molecule has 6 heteroatoms. The maximum atomic E-state index is 11.6.